The van der Waals surface area contributed by atoms with Crippen molar-refractivity contribution in [3.8, 4) is 0 Å². The molecule has 1 amide bonds. The lowest BCUT2D eigenvalue weighted by Crippen LogP contribution is -2.65. The molecule has 0 unspecified atom stereocenters. The van der Waals surface area contributed by atoms with Gasteiger partial charge in [0, 0.05) is 36.2 Å². The van der Waals surface area contributed by atoms with Crippen molar-refractivity contribution >= 4 is 17.5 Å². The summed E-state index contributed by atoms with van der Waals surface area (Å²) in [6.45, 7) is 2.15. The van der Waals surface area contributed by atoms with Gasteiger partial charge in [-0.1, -0.05) is 23.7 Å². The molecule has 2 fully saturated rings. The van der Waals surface area contributed by atoms with Crippen molar-refractivity contribution in [1.29, 1.82) is 0 Å². The zero-order valence-electron chi connectivity index (χ0n) is 13.1. The third kappa shape index (κ3) is 3.69. The van der Waals surface area contributed by atoms with Crippen LogP contribution in [0.25, 0.3) is 0 Å². The van der Waals surface area contributed by atoms with Gasteiger partial charge in [-0.3, -0.25) is 4.79 Å². The Labute approximate surface area is 141 Å². The highest BCUT2D eigenvalue weighted by atomic mass is 35.5. The van der Waals surface area contributed by atoms with Gasteiger partial charge in [-0.2, -0.15) is 0 Å². The predicted octanol–water partition coefficient (Wildman–Crippen LogP) is 1.48. The fraction of sp³-hybridized carbons (Fsp3) is 0.588. The highest BCUT2D eigenvalue weighted by Gasteiger charge is 2.54. The van der Waals surface area contributed by atoms with E-state index in [4.69, 9.17) is 16.3 Å². The summed E-state index contributed by atoms with van der Waals surface area (Å²) in [5, 5.41) is 17.0. The second-order valence-electron chi connectivity index (χ2n) is 6.43. The Hall–Kier alpha value is -1.14. The maximum absolute atomic E-state index is 12.0. The van der Waals surface area contributed by atoms with Gasteiger partial charge in [-0.05, 0) is 37.0 Å². The monoisotopic (exact) mass is 338 g/mol. The first-order chi connectivity index (χ1) is 11.1. The zero-order chi connectivity index (χ0) is 16.3. The number of aliphatic hydroxyl groups is 1. The molecular formula is C17H23ClN2O3. The molecule has 0 radical (unpaired) electrons. The molecule has 1 spiro atoms. The molecule has 2 atom stereocenters. The molecule has 5 nitrogen and oxygen atoms in total. The number of benzene rings is 1. The zero-order valence-corrected chi connectivity index (χ0v) is 13.8. The standard InChI is InChI=1S/C17H23ClN2O3/c18-13-3-1-12(2-4-13)10-20-16(22)11-19-14-9-15(21)17(14)5-7-23-8-6-17/h1-4,14-15,19,21H,5-11H2,(H,20,22)/t14-,15-/m1/s1. The van der Waals surface area contributed by atoms with Gasteiger partial charge < -0.3 is 20.5 Å². The summed E-state index contributed by atoms with van der Waals surface area (Å²) in [4.78, 5) is 12.0. The van der Waals surface area contributed by atoms with Crippen LogP contribution in [0.3, 0.4) is 0 Å². The molecule has 1 aliphatic carbocycles. The number of amides is 1. The number of rotatable bonds is 5. The minimum absolute atomic E-state index is 0.0384. The van der Waals surface area contributed by atoms with Crippen molar-refractivity contribution in [3.63, 3.8) is 0 Å². The number of hydrogen-bond donors (Lipinski definition) is 3. The van der Waals surface area contributed by atoms with Crippen molar-refractivity contribution in [2.24, 2.45) is 5.41 Å². The average Bonchev–Trinajstić information content (AvgIpc) is 2.58. The molecule has 1 saturated heterocycles. The molecule has 2 aliphatic rings. The molecule has 126 valence electrons. The molecular weight excluding hydrogens is 316 g/mol. The lowest BCUT2D eigenvalue weighted by Gasteiger charge is -2.55. The van der Waals surface area contributed by atoms with E-state index in [1.807, 2.05) is 24.3 Å². The van der Waals surface area contributed by atoms with E-state index >= 15 is 0 Å². The van der Waals surface area contributed by atoms with Crippen LogP contribution >= 0.6 is 11.6 Å². The summed E-state index contributed by atoms with van der Waals surface area (Å²) in [5.74, 6) is -0.0384. The number of carbonyl (C=O) groups excluding carboxylic acids is 1. The summed E-state index contributed by atoms with van der Waals surface area (Å²) < 4.78 is 5.39. The van der Waals surface area contributed by atoms with Gasteiger partial charge in [0.1, 0.15) is 0 Å². The van der Waals surface area contributed by atoms with Gasteiger partial charge in [0.2, 0.25) is 5.91 Å². The van der Waals surface area contributed by atoms with Gasteiger partial charge in [0.15, 0.2) is 0 Å². The van der Waals surface area contributed by atoms with E-state index in [1.165, 1.54) is 0 Å². The third-order valence-corrected chi connectivity index (χ3v) is 5.40. The second-order valence-corrected chi connectivity index (χ2v) is 6.87. The van der Waals surface area contributed by atoms with Gasteiger partial charge >= 0.3 is 0 Å². The Morgan fingerprint density at radius 2 is 2.00 bits per heavy atom. The topological polar surface area (TPSA) is 70.6 Å². The van der Waals surface area contributed by atoms with Crippen LogP contribution < -0.4 is 10.6 Å². The first-order valence-electron chi connectivity index (χ1n) is 8.10. The van der Waals surface area contributed by atoms with Crippen LogP contribution in [0, 0.1) is 5.41 Å². The van der Waals surface area contributed by atoms with Crippen LogP contribution in [0.1, 0.15) is 24.8 Å². The van der Waals surface area contributed by atoms with Crippen LogP contribution in [0.2, 0.25) is 5.02 Å². The van der Waals surface area contributed by atoms with Gasteiger partial charge in [0.05, 0.1) is 12.6 Å². The van der Waals surface area contributed by atoms with Crippen molar-refractivity contribution < 1.29 is 14.6 Å². The fourth-order valence-electron chi connectivity index (χ4n) is 3.57. The van der Waals surface area contributed by atoms with E-state index in [2.05, 4.69) is 10.6 Å². The predicted molar refractivity (Wildman–Crippen MR) is 88.2 cm³/mol. The summed E-state index contributed by atoms with van der Waals surface area (Å²) in [5.41, 5.74) is 0.914. The maximum Gasteiger partial charge on any atom is 0.234 e. The maximum atomic E-state index is 12.0. The largest absolute Gasteiger partial charge is 0.392 e. The summed E-state index contributed by atoms with van der Waals surface area (Å²) in [6, 6.07) is 7.62. The molecule has 1 heterocycles. The van der Waals surface area contributed by atoms with Crippen molar-refractivity contribution in [2.75, 3.05) is 19.8 Å². The molecule has 1 aromatic rings. The van der Waals surface area contributed by atoms with Crippen LogP contribution in [0.4, 0.5) is 0 Å². The van der Waals surface area contributed by atoms with Crippen LogP contribution in [-0.2, 0) is 16.1 Å². The van der Waals surface area contributed by atoms with E-state index in [0.717, 1.165) is 18.4 Å². The first kappa shape index (κ1) is 16.7. The second kappa shape index (κ2) is 7.18. The number of halogens is 1. The smallest absolute Gasteiger partial charge is 0.234 e. The Kier molecular flexibility index (Phi) is 5.21. The highest BCUT2D eigenvalue weighted by Crippen LogP contribution is 2.48. The average molecular weight is 339 g/mol. The number of nitrogens with one attached hydrogen (secondary N) is 2. The molecule has 1 saturated carbocycles. The lowest BCUT2D eigenvalue weighted by atomic mass is 9.58. The quantitative estimate of drug-likeness (QED) is 0.760. The molecule has 0 bridgehead atoms. The Morgan fingerprint density at radius 3 is 2.65 bits per heavy atom. The number of aliphatic hydroxyl groups excluding tert-OH is 1. The van der Waals surface area contributed by atoms with E-state index in [1.54, 1.807) is 0 Å². The third-order valence-electron chi connectivity index (χ3n) is 5.15. The molecule has 1 aromatic carbocycles. The summed E-state index contributed by atoms with van der Waals surface area (Å²) in [7, 11) is 0. The van der Waals surface area contributed by atoms with Crippen LogP contribution in [-0.4, -0.2) is 42.9 Å². The van der Waals surface area contributed by atoms with Crippen molar-refractivity contribution in [2.45, 2.75) is 38.0 Å². The molecule has 0 aromatic heterocycles. The van der Waals surface area contributed by atoms with Gasteiger partial charge in [-0.15, -0.1) is 0 Å². The normalized spacial score (nSPS) is 25.8. The number of hydrogen-bond acceptors (Lipinski definition) is 4. The number of carbonyl (C=O) groups is 1. The first-order valence-corrected chi connectivity index (χ1v) is 8.48. The minimum atomic E-state index is -0.277. The van der Waals surface area contributed by atoms with E-state index in [-0.39, 0.29) is 30.0 Å². The Balaban J connectivity index is 1.43. The van der Waals surface area contributed by atoms with Gasteiger partial charge in [0.25, 0.3) is 0 Å². The molecule has 3 N–H and O–H groups in total. The van der Waals surface area contributed by atoms with Crippen LogP contribution in [0.15, 0.2) is 24.3 Å². The summed E-state index contributed by atoms with van der Waals surface area (Å²) in [6.07, 6.45) is 2.15. The molecule has 3 rings (SSSR count). The molecule has 23 heavy (non-hydrogen) atoms. The van der Waals surface area contributed by atoms with E-state index in [9.17, 15) is 9.90 Å². The number of ether oxygens (including phenoxy) is 1. The van der Waals surface area contributed by atoms with E-state index < -0.39 is 0 Å². The van der Waals surface area contributed by atoms with Crippen molar-refractivity contribution in [3.05, 3.63) is 34.9 Å². The van der Waals surface area contributed by atoms with Crippen LogP contribution in [0.5, 0.6) is 0 Å². The lowest BCUT2D eigenvalue weighted by molar-refractivity contribution is -0.150. The SMILES string of the molecule is O=C(CN[C@@H]1C[C@@H](O)C12CCOCC2)NCc1ccc(Cl)cc1. The Morgan fingerprint density at radius 1 is 1.30 bits per heavy atom. The summed E-state index contributed by atoms with van der Waals surface area (Å²) >= 11 is 5.84. The molecule has 1 aliphatic heterocycles. The Bertz CT molecular complexity index is 543. The highest BCUT2D eigenvalue weighted by molar-refractivity contribution is 6.30. The van der Waals surface area contributed by atoms with E-state index in [0.29, 0.717) is 31.2 Å². The van der Waals surface area contributed by atoms with Crippen molar-refractivity contribution in [1.82, 2.24) is 10.6 Å². The minimum Gasteiger partial charge on any atom is -0.392 e. The van der Waals surface area contributed by atoms with Gasteiger partial charge in [-0.25, -0.2) is 0 Å². The molecule has 6 heteroatoms. The fourth-order valence-corrected chi connectivity index (χ4v) is 3.69.